The van der Waals surface area contributed by atoms with Crippen molar-refractivity contribution in [1.82, 2.24) is 0 Å². The number of hydrogen-bond acceptors (Lipinski definition) is 3. The lowest BCUT2D eigenvalue weighted by molar-refractivity contribution is -0.156. The quantitative estimate of drug-likeness (QED) is 0.621. The normalized spacial score (nSPS) is 21.1. The number of allylic oxidation sites excluding steroid dienone is 1. The lowest BCUT2D eigenvalue weighted by atomic mass is 9.77. The minimum atomic E-state index is -0.531. The van der Waals surface area contributed by atoms with Gasteiger partial charge in [-0.2, -0.15) is 0 Å². The van der Waals surface area contributed by atoms with E-state index >= 15 is 0 Å². The monoisotopic (exact) mass is 253 g/mol. The summed E-state index contributed by atoms with van der Waals surface area (Å²) >= 11 is 0. The molecule has 2 N–H and O–H groups in total. The third kappa shape index (κ3) is 5.21. The summed E-state index contributed by atoms with van der Waals surface area (Å²) in [6.45, 7) is 10.1. The van der Waals surface area contributed by atoms with E-state index in [0.29, 0.717) is 11.8 Å². The predicted octanol–water partition coefficient (Wildman–Crippen LogP) is 3.18. The van der Waals surface area contributed by atoms with E-state index in [1.54, 1.807) is 0 Å². The van der Waals surface area contributed by atoms with Crippen molar-refractivity contribution in [2.24, 2.45) is 11.1 Å². The highest BCUT2D eigenvalue weighted by molar-refractivity contribution is 5.76. The average Bonchev–Trinajstić information content (AvgIpc) is 2.18. The van der Waals surface area contributed by atoms with Gasteiger partial charge in [-0.05, 0) is 51.9 Å². The first-order valence-corrected chi connectivity index (χ1v) is 6.75. The molecule has 1 rings (SSSR count). The molecule has 1 aliphatic carbocycles. The van der Waals surface area contributed by atoms with Gasteiger partial charge in [0.05, 0.1) is 0 Å². The third-order valence-corrected chi connectivity index (χ3v) is 3.26. The molecule has 18 heavy (non-hydrogen) atoms. The van der Waals surface area contributed by atoms with E-state index in [1.807, 2.05) is 20.8 Å². The van der Waals surface area contributed by atoms with E-state index in [4.69, 9.17) is 10.5 Å². The topological polar surface area (TPSA) is 52.3 Å². The van der Waals surface area contributed by atoms with E-state index in [0.717, 1.165) is 12.8 Å². The first-order chi connectivity index (χ1) is 8.09. The van der Waals surface area contributed by atoms with Crippen molar-refractivity contribution in [1.29, 1.82) is 0 Å². The van der Waals surface area contributed by atoms with E-state index < -0.39 is 11.6 Å². The van der Waals surface area contributed by atoms with Gasteiger partial charge in [-0.15, -0.1) is 0 Å². The summed E-state index contributed by atoms with van der Waals surface area (Å²) in [4.78, 5) is 11.8. The van der Waals surface area contributed by atoms with Crippen LogP contribution in [0.25, 0.3) is 0 Å². The molecular formula is C15H27NO2. The van der Waals surface area contributed by atoms with Crippen LogP contribution in [-0.4, -0.2) is 17.6 Å². The third-order valence-electron chi connectivity index (χ3n) is 3.26. The molecule has 0 aromatic heterocycles. The Balaban J connectivity index is 2.48. The molecule has 0 bridgehead atoms. The summed E-state index contributed by atoms with van der Waals surface area (Å²) in [5.74, 6) is -0.298. The van der Waals surface area contributed by atoms with Gasteiger partial charge in [0.25, 0.3) is 0 Å². The van der Waals surface area contributed by atoms with Gasteiger partial charge < -0.3 is 10.5 Å². The van der Waals surface area contributed by atoms with Crippen LogP contribution in [0, 0.1) is 5.41 Å². The molecule has 0 amide bonds. The van der Waals surface area contributed by atoms with Crippen molar-refractivity contribution in [2.75, 3.05) is 0 Å². The summed E-state index contributed by atoms with van der Waals surface area (Å²) in [5.41, 5.74) is 7.13. The summed E-state index contributed by atoms with van der Waals surface area (Å²) < 4.78 is 5.29. The molecule has 0 fully saturated rings. The summed E-state index contributed by atoms with van der Waals surface area (Å²) in [5, 5.41) is 0. The van der Waals surface area contributed by atoms with Gasteiger partial charge in [-0.1, -0.05) is 25.5 Å². The molecule has 104 valence electrons. The molecule has 0 heterocycles. The Bertz CT molecular complexity index is 337. The second kappa shape index (κ2) is 5.43. The molecule has 0 aromatic carbocycles. The zero-order valence-electron chi connectivity index (χ0n) is 12.4. The number of rotatable bonds is 3. The molecule has 0 spiro atoms. The van der Waals surface area contributed by atoms with Crippen molar-refractivity contribution in [3.8, 4) is 0 Å². The standard InChI is InChI=1S/C15H27NO2/c1-14(2,3)18-13(17)12(16)10-11-6-8-15(4,5)9-7-11/h6,12H,7-10,16H2,1-5H3. The molecule has 0 aliphatic heterocycles. The van der Waals surface area contributed by atoms with Crippen LogP contribution in [0.4, 0.5) is 0 Å². The van der Waals surface area contributed by atoms with Crippen LogP contribution in [0.3, 0.4) is 0 Å². The highest BCUT2D eigenvalue weighted by Gasteiger charge is 2.26. The van der Waals surface area contributed by atoms with Crippen LogP contribution in [-0.2, 0) is 9.53 Å². The van der Waals surface area contributed by atoms with Gasteiger partial charge in [0.1, 0.15) is 11.6 Å². The maximum atomic E-state index is 11.8. The number of esters is 1. The number of carbonyl (C=O) groups excluding carboxylic acids is 1. The van der Waals surface area contributed by atoms with E-state index in [-0.39, 0.29) is 5.97 Å². The average molecular weight is 253 g/mol. The molecule has 1 atom stereocenters. The molecule has 1 aliphatic rings. The molecule has 0 saturated heterocycles. The fourth-order valence-corrected chi connectivity index (χ4v) is 2.05. The Morgan fingerprint density at radius 3 is 2.56 bits per heavy atom. The summed E-state index contributed by atoms with van der Waals surface area (Å²) in [6, 6.07) is -0.531. The number of nitrogens with two attached hydrogens (primary N) is 1. The minimum absolute atomic E-state index is 0.298. The molecule has 1 unspecified atom stereocenters. The highest BCUT2D eigenvalue weighted by Crippen LogP contribution is 2.35. The summed E-state index contributed by atoms with van der Waals surface area (Å²) in [7, 11) is 0. The fraction of sp³-hybridized carbons (Fsp3) is 0.800. The Morgan fingerprint density at radius 1 is 1.50 bits per heavy atom. The van der Waals surface area contributed by atoms with Crippen LogP contribution < -0.4 is 5.73 Å². The molecule has 0 radical (unpaired) electrons. The molecule has 3 nitrogen and oxygen atoms in total. The second-order valence-electron chi connectivity index (χ2n) is 7.07. The van der Waals surface area contributed by atoms with Gasteiger partial charge >= 0.3 is 5.97 Å². The first kappa shape index (κ1) is 15.2. The van der Waals surface area contributed by atoms with Crippen molar-refractivity contribution in [3.63, 3.8) is 0 Å². The van der Waals surface area contributed by atoms with Crippen molar-refractivity contribution in [2.45, 2.75) is 71.9 Å². The van der Waals surface area contributed by atoms with Crippen molar-refractivity contribution in [3.05, 3.63) is 11.6 Å². The summed E-state index contributed by atoms with van der Waals surface area (Å²) in [6.07, 6.45) is 6.16. The van der Waals surface area contributed by atoms with Crippen LogP contribution in [0.2, 0.25) is 0 Å². The molecular weight excluding hydrogens is 226 g/mol. The van der Waals surface area contributed by atoms with E-state index in [9.17, 15) is 4.79 Å². The van der Waals surface area contributed by atoms with Gasteiger partial charge in [0.2, 0.25) is 0 Å². The number of carbonyl (C=O) groups is 1. The minimum Gasteiger partial charge on any atom is -0.459 e. The Hall–Kier alpha value is -0.830. The highest BCUT2D eigenvalue weighted by atomic mass is 16.6. The zero-order valence-corrected chi connectivity index (χ0v) is 12.4. The Labute approximate surface area is 111 Å². The fourth-order valence-electron chi connectivity index (χ4n) is 2.05. The zero-order chi connectivity index (χ0) is 14.0. The molecule has 0 saturated carbocycles. The second-order valence-corrected chi connectivity index (χ2v) is 7.07. The lowest BCUT2D eigenvalue weighted by Gasteiger charge is -2.29. The first-order valence-electron chi connectivity index (χ1n) is 6.75. The van der Waals surface area contributed by atoms with Gasteiger partial charge in [0, 0.05) is 0 Å². The number of hydrogen-bond donors (Lipinski definition) is 1. The van der Waals surface area contributed by atoms with Crippen molar-refractivity contribution >= 4 is 5.97 Å². The predicted molar refractivity (Wildman–Crippen MR) is 74.2 cm³/mol. The van der Waals surface area contributed by atoms with Crippen LogP contribution >= 0.6 is 0 Å². The van der Waals surface area contributed by atoms with Gasteiger partial charge in [-0.3, -0.25) is 4.79 Å². The van der Waals surface area contributed by atoms with E-state index in [1.165, 1.54) is 12.0 Å². The van der Waals surface area contributed by atoms with Gasteiger partial charge in [-0.25, -0.2) is 0 Å². The van der Waals surface area contributed by atoms with Crippen LogP contribution in [0.15, 0.2) is 11.6 Å². The smallest absolute Gasteiger partial charge is 0.323 e. The Kier molecular flexibility index (Phi) is 4.60. The largest absolute Gasteiger partial charge is 0.459 e. The maximum Gasteiger partial charge on any atom is 0.323 e. The Morgan fingerprint density at radius 2 is 2.11 bits per heavy atom. The molecule has 3 heteroatoms. The number of ether oxygens (including phenoxy) is 1. The van der Waals surface area contributed by atoms with Gasteiger partial charge in [0.15, 0.2) is 0 Å². The maximum absolute atomic E-state index is 11.8. The van der Waals surface area contributed by atoms with Crippen LogP contribution in [0.1, 0.15) is 60.3 Å². The molecule has 0 aromatic rings. The lowest BCUT2D eigenvalue weighted by Crippen LogP contribution is -2.37. The van der Waals surface area contributed by atoms with E-state index in [2.05, 4.69) is 19.9 Å². The van der Waals surface area contributed by atoms with Crippen LogP contribution in [0.5, 0.6) is 0 Å². The van der Waals surface area contributed by atoms with Crippen molar-refractivity contribution < 1.29 is 9.53 Å². The SMILES string of the molecule is CC1(C)CC=C(CC(N)C(=O)OC(C)(C)C)CC1.